The highest BCUT2D eigenvalue weighted by atomic mass is 32.1. The summed E-state index contributed by atoms with van der Waals surface area (Å²) in [6.45, 7) is 2.15. The first-order valence-electron chi connectivity index (χ1n) is 7.77. The summed E-state index contributed by atoms with van der Waals surface area (Å²) < 4.78 is 13.2. The van der Waals surface area contributed by atoms with Gasteiger partial charge in [0.25, 0.3) is 5.91 Å². The quantitative estimate of drug-likeness (QED) is 0.697. The van der Waals surface area contributed by atoms with Crippen LogP contribution in [-0.2, 0) is 6.42 Å². The molecule has 0 aliphatic carbocycles. The van der Waals surface area contributed by atoms with E-state index in [0.717, 1.165) is 24.1 Å². The van der Waals surface area contributed by atoms with Crippen LogP contribution >= 0.6 is 11.3 Å². The second-order valence-corrected chi connectivity index (χ2v) is 6.31. The molecule has 122 valence electrons. The summed E-state index contributed by atoms with van der Waals surface area (Å²) in [4.78, 5) is 16.6. The monoisotopic (exact) mass is 340 g/mol. The predicted molar refractivity (Wildman–Crippen MR) is 95.9 cm³/mol. The molecule has 0 saturated carbocycles. The molecule has 0 unspecified atom stereocenters. The number of nitrogens with one attached hydrogen (secondary N) is 1. The van der Waals surface area contributed by atoms with Crippen LogP contribution in [0, 0.1) is 5.82 Å². The summed E-state index contributed by atoms with van der Waals surface area (Å²) in [6, 6.07) is 13.9. The molecule has 0 fully saturated rings. The highest BCUT2D eigenvalue weighted by Crippen LogP contribution is 2.25. The predicted octanol–water partition coefficient (Wildman–Crippen LogP) is 5.15. The first-order chi connectivity index (χ1) is 11.7. The summed E-state index contributed by atoms with van der Waals surface area (Å²) in [5.41, 5.74) is 3.40. The Morgan fingerprint density at radius 1 is 1.21 bits per heavy atom. The van der Waals surface area contributed by atoms with Gasteiger partial charge in [0.05, 0.1) is 5.69 Å². The number of carbonyl (C=O) groups is 1. The fraction of sp³-hybridized carbons (Fsp3) is 0.158. The zero-order valence-electron chi connectivity index (χ0n) is 13.3. The number of thiazole rings is 1. The topological polar surface area (TPSA) is 42.0 Å². The lowest BCUT2D eigenvalue weighted by Crippen LogP contribution is -2.11. The van der Waals surface area contributed by atoms with Gasteiger partial charge >= 0.3 is 0 Å². The maximum Gasteiger partial charge on any atom is 0.257 e. The summed E-state index contributed by atoms with van der Waals surface area (Å²) in [7, 11) is 0. The van der Waals surface area contributed by atoms with Gasteiger partial charge in [-0.25, -0.2) is 9.37 Å². The standard InChI is InChI=1S/C19H17FN2OS/c1-2-4-13-7-9-14(10-8-13)17-12-24-19(21-17)22-18(23)15-5-3-6-16(20)11-15/h3,5-12H,2,4H2,1H3,(H,21,22,23). The molecule has 1 N–H and O–H groups in total. The summed E-state index contributed by atoms with van der Waals surface area (Å²) in [6.07, 6.45) is 2.18. The van der Waals surface area contributed by atoms with Crippen molar-refractivity contribution in [2.45, 2.75) is 19.8 Å². The van der Waals surface area contributed by atoms with Crippen LogP contribution in [0.5, 0.6) is 0 Å². The lowest BCUT2D eigenvalue weighted by molar-refractivity contribution is 0.102. The minimum Gasteiger partial charge on any atom is -0.298 e. The Labute approximate surface area is 144 Å². The maximum atomic E-state index is 13.2. The lowest BCUT2D eigenvalue weighted by Gasteiger charge is -2.02. The van der Waals surface area contributed by atoms with Crippen molar-refractivity contribution in [3.05, 3.63) is 70.9 Å². The third-order valence-electron chi connectivity index (χ3n) is 3.60. The number of halogens is 1. The van der Waals surface area contributed by atoms with Crippen LogP contribution in [0.3, 0.4) is 0 Å². The van der Waals surface area contributed by atoms with Gasteiger partial charge in [-0.3, -0.25) is 10.1 Å². The van der Waals surface area contributed by atoms with E-state index >= 15 is 0 Å². The number of aromatic nitrogens is 1. The summed E-state index contributed by atoms with van der Waals surface area (Å²) in [5.74, 6) is -0.802. The van der Waals surface area contributed by atoms with Crippen molar-refractivity contribution in [2.75, 3.05) is 5.32 Å². The van der Waals surface area contributed by atoms with Crippen LogP contribution in [0.2, 0.25) is 0 Å². The minimum absolute atomic E-state index is 0.274. The van der Waals surface area contributed by atoms with Gasteiger partial charge in [-0.1, -0.05) is 43.7 Å². The molecule has 0 saturated heterocycles. The second-order valence-electron chi connectivity index (χ2n) is 5.45. The first-order valence-corrected chi connectivity index (χ1v) is 8.65. The Kier molecular flexibility index (Phi) is 5.01. The van der Waals surface area contributed by atoms with E-state index in [-0.39, 0.29) is 11.5 Å². The Morgan fingerprint density at radius 2 is 2.00 bits per heavy atom. The Morgan fingerprint density at radius 3 is 2.71 bits per heavy atom. The summed E-state index contributed by atoms with van der Waals surface area (Å²) in [5, 5.41) is 5.11. The van der Waals surface area contributed by atoms with E-state index in [9.17, 15) is 9.18 Å². The highest BCUT2D eigenvalue weighted by molar-refractivity contribution is 7.14. The molecule has 0 bridgehead atoms. The van der Waals surface area contributed by atoms with E-state index in [1.54, 1.807) is 6.07 Å². The maximum absolute atomic E-state index is 13.2. The van der Waals surface area contributed by atoms with Gasteiger partial charge in [0.2, 0.25) is 0 Å². The third-order valence-corrected chi connectivity index (χ3v) is 4.36. The zero-order valence-corrected chi connectivity index (χ0v) is 14.1. The Hall–Kier alpha value is -2.53. The average molecular weight is 340 g/mol. The Bertz CT molecular complexity index is 843. The number of aryl methyl sites for hydroxylation is 1. The van der Waals surface area contributed by atoms with E-state index in [1.165, 1.54) is 35.1 Å². The molecule has 1 aromatic heterocycles. The summed E-state index contributed by atoms with van der Waals surface area (Å²) >= 11 is 1.35. The molecule has 3 nitrogen and oxygen atoms in total. The van der Waals surface area contributed by atoms with Gasteiger partial charge in [0, 0.05) is 16.5 Å². The molecule has 0 radical (unpaired) electrons. The first kappa shape index (κ1) is 16.3. The lowest BCUT2D eigenvalue weighted by atomic mass is 10.1. The number of anilines is 1. The van der Waals surface area contributed by atoms with Crippen LogP contribution < -0.4 is 5.32 Å². The van der Waals surface area contributed by atoms with Crippen LogP contribution in [-0.4, -0.2) is 10.9 Å². The molecule has 0 spiro atoms. The third kappa shape index (κ3) is 3.86. The zero-order chi connectivity index (χ0) is 16.9. The molecule has 2 aromatic carbocycles. The van der Waals surface area contributed by atoms with Crippen LogP contribution in [0.25, 0.3) is 11.3 Å². The highest BCUT2D eigenvalue weighted by Gasteiger charge is 2.10. The number of amides is 1. The SMILES string of the molecule is CCCc1ccc(-c2csc(NC(=O)c3cccc(F)c3)n2)cc1. The number of rotatable bonds is 5. The number of hydrogen-bond donors (Lipinski definition) is 1. The number of nitrogens with zero attached hydrogens (tertiary/aromatic N) is 1. The van der Waals surface area contributed by atoms with Gasteiger partial charge in [-0.15, -0.1) is 11.3 Å². The molecule has 0 aliphatic heterocycles. The molecule has 5 heteroatoms. The molecule has 24 heavy (non-hydrogen) atoms. The van der Waals surface area contributed by atoms with Crippen molar-refractivity contribution in [1.82, 2.24) is 4.98 Å². The molecule has 0 aliphatic rings. The van der Waals surface area contributed by atoms with Gasteiger partial charge in [0.1, 0.15) is 5.82 Å². The van der Waals surface area contributed by atoms with Crippen LogP contribution in [0.1, 0.15) is 29.3 Å². The number of benzene rings is 2. The fourth-order valence-corrected chi connectivity index (χ4v) is 3.11. The van der Waals surface area contributed by atoms with Crippen molar-refractivity contribution in [3.63, 3.8) is 0 Å². The minimum atomic E-state index is -0.436. The van der Waals surface area contributed by atoms with E-state index in [1.807, 2.05) is 17.5 Å². The van der Waals surface area contributed by atoms with Crippen molar-refractivity contribution < 1.29 is 9.18 Å². The van der Waals surface area contributed by atoms with Crippen molar-refractivity contribution in [1.29, 1.82) is 0 Å². The van der Waals surface area contributed by atoms with Gasteiger partial charge in [-0.2, -0.15) is 0 Å². The average Bonchev–Trinajstić information content (AvgIpc) is 3.04. The molecule has 3 aromatic rings. The van der Waals surface area contributed by atoms with Crippen molar-refractivity contribution in [3.8, 4) is 11.3 Å². The van der Waals surface area contributed by atoms with E-state index < -0.39 is 5.82 Å². The van der Waals surface area contributed by atoms with Gasteiger partial charge in [-0.05, 0) is 30.2 Å². The van der Waals surface area contributed by atoms with Crippen molar-refractivity contribution >= 4 is 22.4 Å². The van der Waals surface area contributed by atoms with Gasteiger partial charge < -0.3 is 0 Å². The molecule has 3 rings (SSSR count). The Balaban J connectivity index is 1.72. The second kappa shape index (κ2) is 7.36. The normalized spacial score (nSPS) is 10.6. The molecule has 0 atom stereocenters. The smallest absolute Gasteiger partial charge is 0.257 e. The van der Waals surface area contributed by atoms with Gasteiger partial charge in [0.15, 0.2) is 5.13 Å². The van der Waals surface area contributed by atoms with Crippen molar-refractivity contribution in [2.24, 2.45) is 0 Å². The van der Waals surface area contributed by atoms with E-state index in [0.29, 0.717) is 5.13 Å². The van der Waals surface area contributed by atoms with Crippen LogP contribution in [0.4, 0.5) is 9.52 Å². The number of carbonyl (C=O) groups excluding carboxylic acids is 1. The molecular weight excluding hydrogens is 323 g/mol. The number of hydrogen-bond acceptors (Lipinski definition) is 3. The van der Waals surface area contributed by atoms with E-state index in [4.69, 9.17) is 0 Å². The van der Waals surface area contributed by atoms with E-state index in [2.05, 4.69) is 29.4 Å². The van der Waals surface area contributed by atoms with Crippen LogP contribution in [0.15, 0.2) is 53.9 Å². The molecular formula is C19H17FN2OS. The largest absolute Gasteiger partial charge is 0.298 e. The molecule has 1 amide bonds. The molecule has 1 heterocycles. The fourth-order valence-electron chi connectivity index (χ4n) is 2.39.